The third kappa shape index (κ3) is 12.4. The summed E-state index contributed by atoms with van der Waals surface area (Å²) in [5.74, 6) is 0.0689. The molecule has 2 unspecified atom stereocenters. The SMILES string of the molecule is CCCCC[C@H]1C=C[C@@H](CCCCC[C@H](C(=O)[O-])[C@H](O)CC[C@@]2(O)C[C@@H](C[NH2+]CC)[C@H](CC3CC[NH2+]C(N)C3)C2)[C@H](O)C1. The third-order valence-corrected chi connectivity index (χ3v) is 11.1. The van der Waals surface area contributed by atoms with Crippen molar-refractivity contribution < 1.29 is 35.9 Å². The number of carbonyl (C=O) groups is 1. The minimum absolute atomic E-state index is 0.181. The fourth-order valence-electron chi connectivity index (χ4n) is 8.47. The summed E-state index contributed by atoms with van der Waals surface area (Å²) in [6.07, 6.45) is 18.4. The molecule has 43 heavy (non-hydrogen) atoms. The maximum Gasteiger partial charge on any atom is 0.137 e. The number of rotatable bonds is 20. The van der Waals surface area contributed by atoms with Gasteiger partial charge in [0.05, 0.1) is 37.4 Å². The van der Waals surface area contributed by atoms with Crippen molar-refractivity contribution >= 4 is 5.97 Å². The molecule has 1 heterocycles. The Kier molecular flexibility index (Phi) is 16.0. The Morgan fingerprint density at radius 1 is 1.07 bits per heavy atom. The van der Waals surface area contributed by atoms with Crippen LogP contribution in [0.15, 0.2) is 12.2 Å². The van der Waals surface area contributed by atoms with Gasteiger partial charge in [-0.2, -0.15) is 0 Å². The number of hydrogen-bond donors (Lipinski definition) is 6. The summed E-state index contributed by atoms with van der Waals surface area (Å²) in [5.41, 5.74) is 5.36. The van der Waals surface area contributed by atoms with Crippen molar-refractivity contribution in [2.75, 3.05) is 19.6 Å². The Labute approximate surface area is 261 Å². The lowest BCUT2D eigenvalue weighted by Crippen LogP contribution is -2.94. The molecule has 1 aliphatic heterocycles. The standard InChI is InChI=1S/C35H65N3O5/c1-3-5-7-10-25-13-14-27(32(40)20-25)11-8-6-9-12-30(34(41)42)31(39)15-17-35(43)22-28(29(23-35)24-37-4-2)19-26-16-18-38-33(36)21-26/h13-14,25-33,37-40,43H,3-12,15-24,36H2,1-2H3,(H,41,42)/p+1/t25-,26?,27+,28+,29-,30-,31+,32+,33?,35-/m0/s1. The van der Waals surface area contributed by atoms with Gasteiger partial charge < -0.3 is 35.9 Å². The summed E-state index contributed by atoms with van der Waals surface area (Å²) in [5, 5.41) is 49.7. The predicted molar refractivity (Wildman–Crippen MR) is 168 cm³/mol. The number of aliphatic hydroxyl groups is 3. The average Bonchev–Trinajstić information content (AvgIpc) is 3.28. The van der Waals surface area contributed by atoms with E-state index in [9.17, 15) is 25.2 Å². The first-order valence-corrected chi connectivity index (χ1v) is 18.0. The predicted octanol–water partition coefficient (Wildman–Crippen LogP) is 1.57. The van der Waals surface area contributed by atoms with Gasteiger partial charge in [-0.15, -0.1) is 0 Å². The second-order valence-corrected chi connectivity index (χ2v) is 14.7. The van der Waals surface area contributed by atoms with Crippen LogP contribution in [0.25, 0.3) is 0 Å². The Hall–Kier alpha value is -1.03. The number of aliphatic carboxylic acids is 1. The molecule has 3 aliphatic rings. The van der Waals surface area contributed by atoms with Crippen LogP contribution in [-0.2, 0) is 4.79 Å². The zero-order valence-corrected chi connectivity index (χ0v) is 27.4. The summed E-state index contributed by atoms with van der Waals surface area (Å²) < 4.78 is 0. The van der Waals surface area contributed by atoms with Gasteiger partial charge in [0.1, 0.15) is 6.17 Å². The molecule has 8 heteroatoms. The molecule has 9 N–H and O–H groups in total. The van der Waals surface area contributed by atoms with Gasteiger partial charge in [0.2, 0.25) is 0 Å². The van der Waals surface area contributed by atoms with Crippen LogP contribution in [0.3, 0.4) is 0 Å². The van der Waals surface area contributed by atoms with Gasteiger partial charge in [0.25, 0.3) is 0 Å². The molecule has 2 aliphatic carbocycles. The molecule has 1 saturated heterocycles. The number of nitrogens with two attached hydrogens (primary N) is 3. The van der Waals surface area contributed by atoms with Gasteiger partial charge in [-0.1, -0.05) is 57.6 Å². The summed E-state index contributed by atoms with van der Waals surface area (Å²) >= 11 is 0. The maximum atomic E-state index is 12.0. The van der Waals surface area contributed by atoms with Crippen molar-refractivity contribution in [1.29, 1.82) is 0 Å². The first-order valence-electron chi connectivity index (χ1n) is 18.0. The van der Waals surface area contributed by atoms with Crippen LogP contribution in [0.1, 0.15) is 123 Å². The molecule has 0 aromatic rings. The number of unbranched alkanes of at least 4 members (excludes halogenated alkanes) is 4. The molecular weight excluding hydrogens is 542 g/mol. The van der Waals surface area contributed by atoms with Crippen molar-refractivity contribution in [2.45, 2.75) is 147 Å². The fourth-order valence-corrected chi connectivity index (χ4v) is 8.47. The maximum absolute atomic E-state index is 12.0. The lowest BCUT2D eigenvalue weighted by molar-refractivity contribution is -0.699. The lowest BCUT2D eigenvalue weighted by Gasteiger charge is -2.30. The van der Waals surface area contributed by atoms with E-state index in [4.69, 9.17) is 5.73 Å². The summed E-state index contributed by atoms with van der Waals surface area (Å²) in [4.78, 5) is 12.0. The molecule has 0 spiro atoms. The normalized spacial score (nSPS) is 34.3. The summed E-state index contributed by atoms with van der Waals surface area (Å²) in [6, 6.07) is 0. The highest BCUT2D eigenvalue weighted by atomic mass is 16.4. The quantitative estimate of drug-likeness (QED) is 0.0909. The van der Waals surface area contributed by atoms with Crippen LogP contribution < -0.4 is 21.5 Å². The molecule has 250 valence electrons. The van der Waals surface area contributed by atoms with E-state index in [0.29, 0.717) is 42.9 Å². The molecule has 2 fully saturated rings. The summed E-state index contributed by atoms with van der Waals surface area (Å²) in [7, 11) is 0. The number of hydrogen-bond acceptors (Lipinski definition) is 6. The number of aliphatic hydroxyl groups excluding tert-OH is 2. The Morgan fingerprint density at radius 2 is 1.84 bits per heavy atom. The Morgan fingerprint density at radius 3 is 2.53 bits per heavy atom. The van der Waals surface area contributed by atoms with E-state index in [1.807, 2.05) is 0 Å². The van der Waals surface area contributed by atoms with Crippen molar-refractivity contribution in [2.24, 2.45) is 41.2 Å². The van der Waals surface area contributed by atoms with E-state index >= 15 is 0 Å². The fraction of sp³-hybridized carbons (Fsp3) is 0.914. The Balaban J connectivity index is 1.41. The number of carboxylic acid groups (broad SMARTS) is 1. The van der Waals surface area contributed by atoms with Gasteiger partial charge >= 0.3 is 0 Å². The summed E-state index contributed by atoms with van der Waals surface area (Å²) in [6.45, 7) is 7.47. The second-order valence-electron chi connectivity index (χ2n) is 14.7. The largest absolute Gasteiger partial charge is 0.550 e. The second kappa shape index (κ2) is 18.8. The highest BCUT2D eigenvalue weighted by Gasteiger charge is 2.45. The van der Waals surface area contributed by atoms with Crippen molar-refractivity contribution in [3.63, 3.8) is 0 Å². The Bertz CT molecular complexity index is 827. The van der Waals surface area contributed by atoms with Gasteiger partial charge in [0, 0.05) is 30.1 Å². The first kappa shape index (κ1) is 36.4. The van der Waals surface area contributed by atoms with Crippen LogP contribution in [0.2, 0.25) is 0 Å². The van der Waals surface area contributed by atoms with E-state index in [0.717, 1.165) is 77.4 Å². The van der Waals surface area contributed by atoms with E-state index in [1.165, 1.54) is 25.7 Å². The topological polar surface area (TPSA) is 160 Å². The van der Waals surface area contributed by atoms with E-state index in [-0.39, 0.29) is 24.6 Å². The number of carbonyl (C=O) groups excluding carboxylic acids is 1. The highest BCUT2D eigenvalue weighted by Crippen LogP contribution is 2.45. The zero-order valence-electron chi connectivity index (χ0n) is 27.4. The molecule has 0 aromatic heterocycles. The van der Waals surface area contributed by atoms with Crippen LogP contribution in [-0.4, -0.2) is 64.9 Å². The molecule has 0 amide bonds. The molecule has 0 bridgehead atoms. The van der Waals surface area contributed by atoms with Crippen molar-refractivity contribution in [3.8, 4) is 0 Å². The zero-order chi connectivity index (χ0) is 31.2. The molecular formula is C35H66N3O5+. The van der Waals surface area contributed by atoms with Gasteiger partial charge in [-0.05, 0) is 88.9 Å². The molecule has 8 nitrogen and oxygen atoms in total. The molecule has 10 atom stereocenters. The minimum Gasteiger partial charge on any atom is -0.550 e. The van der Waals surface area contributed by atoms with Gasteiger partial charge in [0.15, 0.2) is 0 Å². The molecule has 3 rings (SSSR count). The molecule has 0 radical (unpaired) electrons. The van der Waals surface area contributed by atoms with Crippen LogP contribution >= 0.6 is 0 Å². The van der Waals surface area contributed by atoms with Gasteiger partial charge in [-0.3, -0.25) is 5.73 Å². The number of piperidine rings is 1. The smallest absolute Gasteiger partial charge is 0.137 e. The number of quaternary nitrogens is 2. The monoisotopic (exact) mass is 608 g/mol. The van der Waals surface area contributed by atoms with Crippen LogP contribution in [0, 0.1) is 35.5 Å². The average molecular weight is 609 g/mol. The van der Waals surface area contributed by atoms with Crippen LogP contribution in [0.5, 0.6) is 0 Å². The number of allylic oxidation sites excluding steroid dienone is 1. The lowest BCUT2D eigenvalue weighted by atomic mass is 9.81. The van der Waals surface area contributed by atoms with E-state index in [1.54, 1.807) is 0 Å². The first-order chi connectivity index (χ1) is 20.6. The highest BCUT2D eigenvalue weighted by molar-refractivity contribution is 5.68. The van der Waals surface area contributed by atoms with E-state index < -0.39 is 23.6 Å². The van der Waals surface area contributed by atoms with Crippen LogP contribution in [0.4, 0.5) is 0 Å². The number of carboxylic acids is 1. The van der Waals surface area contributed by atoms with Gasteiger partial charge in [-0.25, -0.2) is 0 Å². The van der Waals surface area contributed by atoms with E-state index in [2.05, 4.69) is 36.6 Å². The van der Waals surface area contributed by atoms with Crippen molar-refractivity contribution in [3.05, 3.63) is 12.2 Å². The molecule has 1 saturated carbocycles. The van der Waals surface area contributed by atoms with Crippen molar-refractivity contribution in [1.82, 2.24) is 0 Å². The molecule has 0 aromatic carbocycles. The third-order valence-electron chi connectivity index (χ3n) is 11.1. The minimum atomic E-state index is -1.19.